The second kappa shape index (κ2) is 5.78. The van der Waals surface area contributed by atoms with Crippen molar-refractivity contribution >= 4 is 21.4 Å². The third-order valence-corrected chi connectivity index (χ3v) is 5.33. The van der Waals surface area contributed by atoms with Crippen molar-refractivity contribution < 1.29 is 26.7 Å². The second-order valence-corrected chi connectivity index (χ2v) is 6.79. The molecular weight excluding hydrogens is 303 g/mol. The van der Waals surface area contributed by atoms with Crippen molar-refractivity contribution in [3.8, 4) is 0 Å². The Kier molecular flexibility index (Phi) is 4.99. The van der Waals surface area contributed by atoms with E-state index in [1.165, 1.54) is 12.3 Å². The van der Waals surface area contributed by atoms with E-state index in [1.54, 1.807) is 0 Å². The number of alkyl halides is 3. The third-order valence-electron chi connectivity index (χ3n) is 2.30. The average molecular weight is 317 g/mol. The zero-order valence-corrected chi connectivity index (χ0v) is 11.9. The lowest BCUT2D eigenvalue weighted by Crippen LogP contribution is -2.36. The molecule has 19 heavy (non-hydrogen) atoms. The topological polar surface area (TPSA) is 66.4 Å². The summed E-state index contributed by atoms with van der Waals surface area (Å²) >= 11 is 1.05. The van der Waals surface area contributed by atoms with Crippen molar-refractivity contribution in [2.45, 2.75) is 44.0 Å². The molecule has 0 saturated heterocycles. The van der Waals surface area contributed by atoms with Gasteiger partial charge in [-0.2, -0.15) is 13.2 Å². The smallest absolute Gasteiger partial charge is 0.390 e. The van der Waals surface area contributed by atoms with Crippen molar-refractivity contribution in [1.29, 1.82) is 0 Å². The van der Waals surface area contributed by atoms with Crippen molar-refractivity contribution in [3.05, 3.63) is 15.8 Å². The zero-order chi connectivity index (χ0) is 14.8. The minimum Gasteiger partial charge on any atom is -0.391 e. The summed E-state index contributed by atoms with van der Waals surface area (Å²) in [5.41, 5.74) is 0.403. The summed E-state index contributed by atoms with van der Waals surface area (Å²) < 4.78 is 62.5. The molecule has 0 bridgehead atoms. The van der Waals surface area contributed by atoms with Crippen molar-refractivity contribution in [1.82, 2.24) is 4.72 Å². The molecule has 0 amide bonds. The van der Waals surface area contributed by atoms with E-state index >= 15 is 0 Å². The van der Waals surface area contributed by atoms with Gasteiger partial charge in [0.2, 0.25) is 10.0 Å². The van der Waals surface area contributed by atoms with Crippen LogP contribution in [0.3, 0.4) is 0 Å². The van der Waals surface area contributed by atoms with Gasteiger partial charge in [0.25, 0.3) is 0 Å². The fourth-order valence-corrected chi connectivity index (χ4v) is 4.58. The van der Waals surface area contributed by atoms with Gasteiger partial charge < -0.3 is 5.11 Å². The van der Waals surface area contributed by atoms with E-state index in [9.17, 15) is 21.6 Å². The summed E-state index contributed by atoms with van der Waals surface area (Å²) in [6.45, 7) is 2.20. The Morgan fingerprint density at radius 3 is 2.53 bits per heavy atom. The maximum atomic E-state index is 12.2. The van der Waals surface area contributed by atoms with E-state index < -0.39 is 35.3 Å². The largest absolute Gasteiger partial charge is 0.391 e. The summed E-state index contributed by atoms with van der Waals surface area (Å²) in [7, 11) is -4.06. The fourth-order valence-electron chi connectivity index (χ4n) is 1.67. The van der Waals surface area contributed by atoms with Gasteiger partial charge in [-0.1, -0.05) is 0 Å². The number of sulfonamides is 1. The highest BCUT2D eigenvalue weighted by atomic mass is 32.2. The van der Waals surface area contributed by atoms with Crippen LogP contribution in [0.15, 0.2) is 10.3 Å². The zero-order valence-electron chi connectivity index (χ0n) is 10.3. The molecule has 0 saturated carbocycles. The highest BCUT2D eigenvalue weighted by molar-refractivity contribution is 7.89. The first-order valence-corrected chi connectivity index (χ1v) is 7.70. The summed E-state index contributed by atoms with van der Waals surface area (Å²) in [4.78, 5) is 0.0817. The van der Waals surface area contributed by atoms with Gasteiger partial charge in [0.05, 0.1) is 17.9 Å². The van der Waals surface area contributed by atoms with Crippen molar-refractivity contribution in [2.75, 3.05) is 0 Å². The van der Waals surface area contributed by atoms with Gasteiger partial charge in [-0.05, 0) is 24.8 Å². The molecule has 0 spiro atoms. The SMILES string of the molecule is Cc1csc(CO)c1S(=O)(=O)NC(C)CC(F)(F)F. The first-order valence-electron chi connectivity index (χ1n) is 5.33. The molecule has 9 heteroatoms. The van der Waals surface area contributed by atoms with Gasteiger partial charge in [-0.15, -0.1) is 11.3 Å². The standard InChI is InChI=1S/C10H14F3NO3S2/c1-6-5-18-8(4-15)9(6)19(16,17)14-7(2)3-10(11,12)13/h5,7,14-15H,3-4H2,1-2H3. The molecule has 0 fully saturated rings. The molecule has 1 aromatic heterocycles. The number of thiophene rings is 1. The molecule has 0 aliphatic rings. The number of hydrogen-bond donors (Lipinski definition) is 2. The number of halogens is 3. The van der Waals surface area contributed by atoms with E-state index in [1.807, 2.05) is 4.72 Å². The summed E-state index contributed by atoms with van der Waals surface area (Å²) in [5, 5.41) is 10.6. The normalized spacial score (nSPS) is 14.6. The van der Waals surface area contributed by atoms with Crippen LogP contribution in [-0.2, 0) is 16.6 Å². The van der Waals surface area contributed by atoms with E-state index in [-0.39, 0.29) is 9.77 Å². The van der Waals surface area contributed by atoms with Crippen LogP contribution in [0.1, 0.15) is 23.8 Å². The highest BCUT2D eigenvalue weighted by Gasteiger charge is 2.33. The molecule has 1 heterocycles. The van der Waals surface area contributed by atoms with E-state index in [0.717, 1.165) is 18.3 Å². The molecule has 110 valence electrons. The van der Waals surface area contributed by atoms with Gasteiger partial charge in [-0.3, -0.25) is 0 Å². The number of aliphatic hydroxyl groups is 1. The second-order valence-electron chi connectivity index (χ2n) is 4.17. The minimum atomic E-state index is -4.44. The monoisotopic (exact) mass is 317 g/mol. The van der Waals surface area contributed by atoms with Crippen LogP contribution in [0.5, 0.6) is 0 Å². The van der Waals surface area contributed by atoms with E-state index in [2.05, 4.69) is 0 Å². The number of nitrogens with one attached hydrogen (secondary N) is 1. The fraction of sp³-hybridized carbons (Fsp3) is 0.600. The van der Waals surface area contributed by atoms with Crippen LogP contribution in [0.4, 0.5) is 13.2 Å². The van der Waals surface area contributed by atoms with Gasteiger partial charge in [0.1, 0.15) is 4.90 Å². The number of aliphatic hydroxyl groups excluding tert-OH is 1. The van der Waals surface area contributed by atoms with Crippen molar-refractivity contribution in [3.63, 3.8) is 0 Å². The maximum absolute atomic E-state index is 12.2. The van der Waals surface area contributed by atoms with Gasteiger partial charge in [0, 0.05) is 6.04 Å². The van der Waals surface area contributed by atoms with E-state index in [0.29, 0.717) is 5.56 Å². The van der Waals surface area contributed by atoms with Crippen molar-refractivity contribution in [2.24, 2.45) is 0 Å². The maximum Gasteiger partial charge on any atom is 0.390 e. The van der Waals surface area contributed by atoms with Crippen LogP contribution in [-0.4, -0.2) is 25.7 Å². The van der Waals surface area contributed by atoms with E-state index in [4.69, 9.17) is 5.11 Å². The molecular formula is C10H14F3NO3S2. The lowest BCUT2D eigenvalue weighted by molar-refractivity contribution is -0.137. The van der Waals surface area contributed by atoms with Gasteiger partial charge in [-0.25, -0.2) is 13.1 Å². The van der Waals surface area contributed by atoms with Crippen LogP contribution in [0.2, 0.25) is 0 Å². The molecule has 0 radical (unpaired) electrons. The molecule has 1 atom stereocenters. The van der Waals surface area contributed by atoms with Crippen LogP contribution >= 0.6 is 11.3 Å². The summed E-state index contributed by atoms with van der Waals surface area (Å²) in [6.07, 6.45) is -5.69. The van der Waals surface area contributed by atoms with Gasteiger partial charge in [0.15, 0.2) is 0 Å². The lowest BCUT2D eigenvalue weighted by atomic mass is 10.2. The Morgan fingerprint density at radius 1 is 1.47 bits per heavy atom. The van der Waals surface area contributed by atoms with Crippen LogP contribution in [0.25, 0.3) is 0 Å². The van der Waals surface area contributed by atoms with Crippen LogP contribution in [0, 0.1) is 6.92 Å². The molecule has 2 N–H and O–H groups in total. The Bertz CT molecular complexity index is 537. The Labute approximate surface area is 113 Å². The summed E-state index contributed by atoms with van der Waals surface area (Å²) in [6, 6.07) is -1.27. The molecule has 4 nitrogen and oxygen atoms in total. The predicted octanol–water partition coefficient (Wildman–Crippen LogP) is 2.17. The molecule has 0 aliphatic heterocycles. The lowest BCUT2D eigenvalue weighted by Gasteiger charge is -2.16. The Balaban J connectivity index is 2.96. The number of hydrogen-bond acceptors (Lipinski definition) is 4. The molecule has 0 aliphatic carbocycles. The molecule has 1 aromatic rings. The highest BCUT2D eigenvalue weighted by Crippen LogP contribution is 2.28. The predicted molar refractivity (Wildman–Crippen MR) is 65.4 cm³/mol. The molecule has 1 rings (SSSR count). The van der Waals surface area contributed by atoms with Crippen LogP contribution < -0.4 is 4.72 Å². The average Bonchev–Trinajstić information content (AvgIpc) is 2.55. The quantitative estimate of drug-likeness (QED) is 0.874. The molecule has 1 unspecified atom stereocenters. The number of rotatable bonds is 5. The Hall–Kier alpha value is -0.640. The van der Waals surface area contributed by atoms with Gasteiger partial charge >= 0.3 is 6.18 Å². The first kappa shape index (κ1) is 16.4. The third kappa shape index (κ3) is 4.44. The summed E-state index contributed by atoms with van der Waals surface area (Å²) in [5.74, 6) is 0. The first-order chi connectivity index (χ1) is 8.57. The minimum absolute atomic E-state index is 0.131. The Morgan fingerprint density at radius 2 is 2.05 bits per heavy atom. The molecule has 0 aromatic carbocycles. The number of aryl methyl sites for hydroxylation is 1.